The van der Waals surface area contributed by atoms with Crippen molar-refractivity contribution >= 4 is 11.8 Å². The molecular weight excluding hydrogens is 256 g/mol. The molecule has 1 fully saturated rings. The number of rotatable bonds is 5. The molecule has 0 spiro atoms. The fourth-order valence-electron chi connectivity index (χ4n) is 2.46. The molecule has 112 valence electrons. The number of carbonyl (C=O) groups excluding carboxylic acids is 1. The molecule has 1 aromatic heterocycles. The van der Waals surface area contributed by atoms with Crippen LogP contribution in [0.3, 0.4) is 0 Å². The highest BCUT2D eigenvalue weighted by atomic mass is 16.5. The zero-order valence-electron chi connectivity index (χ0n) is 12.3. The first-order valence-electron chi connectivity index (χ1n) is 7.32. The van der Waals surface area contributed by atoms with Crippen molar-refractivity contribution in [2.24, 2.45) is 5.92 Å². The van der Waals surface area contributed by atoms with E-state index in [0.29, 0.717) is 24.5 Å². The van der Waals surface area contributed by atoms with Crippen molar-refractivity contribution in [2.45, 2.75) is 33.2 Å². The predicted octanol–water partition coefficient (Wildman–Crippen LogP) is 1.37. The number of ether oxygens (including phenoxy) is 1. The van der Waals surface area contributed by atoms with Crippen LogP contribution >= 0.6 is 0 Å². The number of aromatic nitrogens is 2. The molecule has 0 aromatic carbocycles. The number of anilines is 1. The van der Waals surface area contributed by atoms with E-state index in [-0.39, 0.29) is 0 Å². The molecule has 0 radical (unpaired) electrons. The molecule has 1 aliphatic rings. The minimum absolute atomic E-state index is 0.343. The van der Waals surface area contributed by atoms with Crippen LogP contribution in [0.1, 0.15) is 37.0 Å². The summed E-state index contributed by atoms with van der Waals surface area (Å²) in [6, 6.07) is 0. The summed E-state index contributed by atoms with van der Waals surface area (Å²) in [6.45, 7) is 8.31. The maximum absolute atomic E-state index is 11.7. The van der Waals surface area contributed by atoms with Crippen molar-refractivity contribution in [3.8, 4) is 0 Å². The van der Waals surface area contributed by atoms with Gasteiger partial charge in [-0.05, 0) is 38.8 Å². The van der Waals surface area contributed by atoms with E-state index in [1.165, 1.54) is 19.0 Å². The lowest BCUT2D eigenvalue weighted by molar-refractivity contribution is 0.0527. The van der Waals surface area contributed by atoms with E-state index in [2.05, 4.69) is 16.9 Å². The fourth-order valence-corrected chi connectivity index (χ4v) is 2.46. The lowest BCUT2D eigenvalue weighted by Gasteiger charge is -2.30. The number of nitrogen functional groups attached to an aromatic ring is 1. The summed E-state index contributed by atoms with van der Waals surface area (Å²) in [7, 11) is 0. The van der Waals surface area contributed by atoms with Crippen LogP contribution in [-0.4, -0.2) is 46.9 Å². The van der Waals surface area contributed by atoms with Crippen molar-refractivity contribution in [2.75, 3.05) is 32.0 Å². The zero-order chi connectivity index (χ0) is 14.5. The van der Waals surface area contributed by atoms with Crippen LogP contribution in [0.5, 0.6) is 0 Å². The smallest absolute Gasteiger partial charge is 0.343 e. The van der Waals surface area contributed by atoms with Gasteiger partial charge in [-0.2, -0.15) is 5.10 Å². The molecule has 0 unspecified atom stereocenters. The third-order valence-electron chi connectivity index (χ3n) is 3.88. The molecule has 1 aromatic rings. The predicted molar refractivity (Wildman–Crippen MR) is 77.4 cm³/mol. The summed E-state index contributed by atoms with van der Waals surface area (Å²) in [4.78, 5) is 14.1. The maximum atomic E-state index is 11.7. The molecule has 0 bridgehead atoms. The topological polar surface area (TPSA) is 73.4 Å². The Balaban J connectivity index is 1.89. The van der Waals surface area contributed by atoms with Crippen LogP contribution in [0.2, 0.25) is 0 Å². The van der Waals surface area contributed by atoms with Gasteiger partial charge in [0.25, 0.3) is 0 Å². The second-order valence-electron chi connectivity index (χ2n) is 5.41. The number of hydrogen-bond acceptors (Lipinski definition) is 5. The summed E-state index contributed by atoms with van der Waals surface area (Å²) >= 11 is 0. The highest BCUT2D eigenvalue weighted by Crippen LogP contribution is 2.17. The average Bonchev–Trinajstić information content (AvgIpc) is 2.80. The van der Waals surface area contributed by atoms with Gasteiger partial charge in [0.05, 0.1) is 19.3 Å². The highest BCUT2D eigenvalue weighted by molar-refractivity contribution is 5.93. The van der Waals surface area contributed by atoms with Crippen LogP contribution in [0, 0.1) is 5.92 Å². The molecule has 1 aliphatic heterocycles. The fraction of sp³-hybridized carbons (Fsp3) is 0.714. The van der Waals surface area contributed by atoms with E-state index in [4.69, 9.17) is 10.5 Å². The molecule has 6 nitrogen and oxygen atoms in total. The Kier molecular flexibility index (Phi) is 5.00. The zero-order valence-corrected chi connectivity index (χ0v) is 12.3. The second-order valence-corrected chi connectivity index (χ2v) is 5.41. The van der Waals surface area contributed by atoms with Crippen molar-refractivity contribution in [1.82, 2.24) is 14.7 Å². The van der Waals surface area contributed by atoms with E-state index >= 15 is 0 Å². The monoisotopic (exact) mass is 280 g/mol. The Bertz CT molecular complexity index is 450. The molecule has 0 amide bonds. The third-order valence-corrected chi connectivity index (χ3v) is 3.88. The number of nitrogens with zero attached hydrogens (tertiary/aromatic N) is 3. The Morgan fingerprint density at radius 1 is 1.45 bits per heavy atom. The number of carbonyl (C=O) groups is 1. The van der Waals surface area contributed by atoms with Gasteiger partial charge in [0.1, 0.15) is 11.4 Å². The van der Waals surface area contributed by atoms with Gasteiger partial charge in [-0.15, -0.1) is 0 Å². The van der Waals surface area contributed by atoms with E-state index in [9.17, 15) is 4.79 Å². The molecule has 2 heterocycles. The van der Waals surface area contributed by atoms with Gasteiger partial charge >= 0.3 is 5.97 Å². The summed E-state index contributed by atoms with van der Waals surface area (Å²) in [5, 5.41) is 4.18. The van der Waals surface area contributed by atoms with Crippen LogP contribution in [0.4, 0.5) is 5.82 Å². The van der Waals surface area contributed by atoms with E-state index in [1.54, 1.807) is 11.6 Å². The number of hydrogen-bond donors (Lipinski definition) is 1. The molecule has 2 rings (SSSR count). The Labute approximate surface area is 119 Å². The molecule has 6 heteroatoms. The number of esters is 1. The Morgan fingerprint density at radius 3 is 2.80 bits per heavy atom. The third kappa shape index (κ3) is 3.50. The van der Waals surface area contributed by atoms with Gasteiger partial charge in [0.15, 0.2) is 0 Å². The summed E-state index contributed by atoms with van der Waals surface area (Å²) in [5.41, 5.74) is 6.31. The van der Waals surface area contributed by atoms with E-state index in [0.717, 1.165) is 25.6 Å². The van der Waals surface area contributed by atoms with Gasteiger partial charge < -0.3 is 15.4 Å². The molecule has 0 saturated carbocycles. The van der Waals surface area contributed by atoms with Gasteiger partial charge in [0.2, 0.25) is 0 Å². The van der Waals surface area contributed by atoms with Crippen molar-refractivity contribution < 1.29 is 9.53 Å². The largest absolute Gasteiger partial charge is 0.462 e. The van der Waals surface area contributed by atoms with Crippen LogP contribution in [-0.2, 0) is 11.3 Å². The normalized spacial score (nSPS) is 17.3. The highest BCUT2D eigenvalue weighted by Gasteiger charge is 2.18. The van der Waals surface area contributed by atoms with Crippen LogP contribution < -0.4 is 5.73 Å². The molecule has 1 saturated heterocycles. The number of likely N-dealkylation sites (tertiary alicyclic amines) is 1. The van der Waals surface area contributed by atoms with Gasteiger partial charge in [-0.1, -0.05) is 6.92 Å². The molecule has 2 N–H and O–H groups in total. The molecule has 20 heavy (non-hydrogen) atoms. The van der Waals surface area contributed by atoms with Gasteiger partial charge in [-0.3, -0.25) is 0 Å². The first kappa shape index (κ1) is 14.8. The van der Waals surface area contributed by atoms with Crippen molar-refractivity contribution in [3.05, 3.63) is 11.8 Å². The van der Waals surface area contributed by atoms with Gasteiger partial charge in [0, 0.05) is 6.54 Å². The van der Waals surface area contributed by atoms with Crippen molar-refractivity contribution in [3.63, 3.8) is 0 Å². The Morgan fingerprint density at radius 2 is 2.15 bits per heavy atom. The number of piperidine rings is 1. The summed E-state index contributed by atoms with van der Waals surface area (Å²) in [5.74, 6) is 0.827. The second kappa shape index (κ2) is 6.74. The maximum Gasteiger partial charge on any atom is 0.343 e. The minimum Gasteiger partial charge on any atom is -0.462 e. The van der Waals surface area contributed by atoms with Crippen LogP contribution in [0.25, 0.3) is 0 Å². The lowest BCUT2D eigenvalue weighted by atomic mass is 9.99. The SMILES string of the molecule is CCOC(=O)c1cnn(CCN2CCC(C)CC2)c1N. The summed E-state index contributed by atoms with van der Waals surface area (Å²) < 4.78 is 6.63. The van der Waals surface area contributed by atoms with E-state index < -0.39 is 5.97 Å². The quantitative estimate of drug-likeness (QED) is 0.825. The number of nitrogens with two attached hydrogens (primary N) is 1. The van der Waals surface area contributed by atoms with Crippen LogP contribution in [0.15, 0.2) is 6.20 Å². The van der Waals surface area contributed by atoms with Crippen molar-refractivity contribution in [1.29, 1.82) is 0 Å². The average molecular weight is 280 g/mol. The standard InChI is InChI=1S/C14H24N4O2/c1-3-20-14(19)12-10-16-18(13(12)15)9-8-17-6-4-11(2)5-7-17/h10-11H,3-9,15H2,1-2H3. The summed E-state index contributed by atoms with van der Waals surface area (Å²) in [6.07, 6.45) is 4.00. The van der Waals surface area contributed by atoms with E-state index in [1.807, 2.05) is 0 Å². The molecular formula is C14H24N4O2. The first-order chi connectivity index (χ1) is 9.61. The Hall–Kier alpha value is -1.56. The lowest BCUT2D eigenvalue weighted by Crippen LogP contribution is -2.35. The molecule has 0 atom stereocenters. The molecule has 0 aliphatic carbocycles. The minimum atomic E-state index is -0.400. The first-order valence-corrected chi connectivity index (χ1v) is 7.32. The van der Waals surface area contributed by atoms with Gasteiger partial charge in [-0.25, -0.2) is 9.48 Å².